The van der Waals surface area contributed by atoms with Crippen LogP contribution in [0.2, 0.25) is 0 Å². The molecule has 0 spiro atoms. The number of halogens is 2. The van der Waals surface area contributed by atoms with E-state index in [1.54, 1.807) is 6.56 Å². The Labute approximate surface area is 205 Å². The van der Waals surface area contributed by atoms with Gasteiger partial charge in [-0.05, 0) is 0 Å². The zero-order valence-corrected chi connectivity index (χ0v) is 20.4. The number of benzene rings is 4. The van der Waals surface area contributed by atoms with Crippen molar-refractivity contribution in [2.45, 2.75) is 11.8 Å². The molecule has 160 valence electrons. The third kappa shape index (κ3) is 4.23. The Kier molecular flexibility index (Phi) is 7.00. The summed E-state index contributed by atoms with van der Waals surface area (Å²) in [7, 11) is 0. The Morgan fingerprint density at radius 1 is 0.424 bits per heavy atom. The van der Waals surface area contributed by atoms with Crippen LogP contribution in [0.1, 0.15) is 45.2 Å². The Bertz CT molecular complexity index is 1210. The summed E-state index contributed by atoms with van der Waals surface area (Å²) in [4.78, 5) is 0. The van der Waals surface area contributed by atoms with Crippen LogP contribution in [0, 0.1) is 0 Å². The quantitative estimate of drug-likeness (QED) is 0.389. The van der Waals surface area contributed by atoms with E-state index < -0.39 is 23.2 Å². The molecule has 0 radical (unpaired) electrons. The molecule has 33 heavy (non-hydrogen) atoms. The van der Waals surface area contributed by atoms with Gasteiger partial charge < -0.3 is 9.41 Å². The van der Waals surface area contributed by atoms with Crippen LogP contribution in [0.4, 0.5) is 0 Å². The van der Waals surface area contributed by atoms with Crippen molar-refractivity contribution in [1.82, 2.24) is 0 Å². The Morgan fingerprint density at radius 2 is 0.788 bits per heavy atom. The van der Waals surface area contributed by atoms with Gasteiger partial charge in [0.15, 0.2) is 0 Å². The van der Waals surface area contributed by atoms with E-state index in [2.05, 4.69) is 121 Å². The fourth-order valence-corrected chi connectivity index (χ4v) is 9.27. The average Bonchev–Trinajstić information content (AvgIpc) is 3.38. The van der Waals surface area contributed by atoms with Gasteiger partial charge in [-0.2, -0.15) is 0 Å². The molecule has 0 saturated carbocycles. The van der Waals surface area contributed by atoms with Gasteiger partial charge in [0.1, 0.15) is 0 Å². The smallest absolute Gasteiger partial charge is 1.00 e. The van der Waals surface area contributed by atoms with Crippen molar-refractivity contribution in [3.8, 4) is 0 Å². The summed E-state index contributed by atoms with van der Waals surface area (Å²) < 4.78 is 3.33. The minimum Gasteiger partial charge on any atom is -1.00 e. The first kappa shape index (κ1) is 23.3. The fraction of sp³-hybridized carbons (Fsp3) is 0.0667. The molecule has 0 saturated heterocycles. The maximum absolute atomic E-state index is 2.50. The van der Waals surface area contributed by atoms with Crippen molar-refractivity contribution in [3.05, 3.63) is 149 Å². The molecule has 2 unspecified atom stereocenters. The maximum atomic E-state index is 2.50. The summed E-state index contributed by atoms with van der Waals surface area (Å²) in [6.07, 6.45) is 5.01. The van der Waals surface area contributed by atoms with Gasteiger partial charge in [-0.15, -0.1) is 0 Å². The van der Waals surface area contributed by atoms with Gasteiger partial charge in [-0.3, -0.25) is 0 Å². The van der Waals surface area contributed by atoms with Gasteiger partial charge in [-0.25, -0.2) is 0 Å². The molecule has 0 nitrogen and oxygen atoms in total. The third-order valence-electron chi connectivity index (χ3n) is 6.41. The first-order chi connectivity index (χ1) is 15.4. The van der Waals surface area contributed by atoms with E-state index in [0.29, 0.717) is 11.8 Å². The molecule has 0 bridgehead atoms. The molecule has 3 heteroatoms. The van der Waals surface area contributed by atoms with Crippen LogP contribution in [0.3, 0.4) is 0 Å². The molecule has 0 aromatic heterocycles. The molecular weight excluding hydrogens is 490 g/mol. The summed E-state index contributed by atoms with van der Waals surface area (Å²) in [5.41, 5.74) is 8.59. The number of hydrogen-bond donors (Lipinski definition) is 0. The second-order valence-electron chi connectivity index (χ2n) is 8.27. The van der Waals surface area contributed by atoms with E-state index in [-0.39, 0.29) is 9.41 Å². The summed E-state index contributed by atoms with van der Waals surface area (Å²) in [5, 5.41) is 0. The SMILES string of the molecule is C1=[C]([Zr+2][C]2=Cc3ccccc3C2c2ccccc2)C(c2ccccc2)c2ccccc21.[F-].[F-]. The molecule has 0 fully saturated rings. The van der Waals surface area contributed by atoms with E-state index >= 15 is 0 Å². The standard InChI is InChI=1S/2C15H11.2FH.Zr/c2*1-2-6-12(7-3-1)15-11-10-13-8-4-5-9-14(13)15;;;/h2*1-10,15H;2*1H;/q;;;;+2/p-2. The number of allylic oxidation sites excluding steroid dienone is 2. The van der Waals surface area contributed by atoms with Gasteiger partial charge in [0.05, 0.1) is 0 Å². The molecule has 0 heterocycles. The topological polar surface area (TPSA) is 0 Å². The van der Waals surface area contributed by atoms with Crippen molar-refractivity contribution in [3.63, 3.8) is 0 Å². The molecule has 4 aromatic rings. The van der Waals surface area contributed by atoms with Crippen LogP contribution in [-0.2, 0) is 23.2 Å². The van der Waals surface area contributed by atoms with Crippen molar-refractivity contribution < 1.29 is 32.6 Å². The molecule has 0 aliphatic heterocycles. The summed E-state index contributed by atoms with van der Waals surface area (Å²) in [6.45, 7) is 0. The van der Waals surface area contributed by atoms with Gasteiger partial charge in [0.2, 0.25) is 0 Å². The van der Waals surface area contributed by atoms with E-state index in [0.717, 1.165) is 0 Å². The zero-order valence-electron chi connectivity index (χ0n) is 18.0. The Morgan fingerprint density at radius 3 is 1.21 bits per heavy atom. The van der Waals surface area contributed by atoms with Crippen molar-refractivity contribution >= 4 is 12.2 Å². The predicted octanol–water partition coefficient (Wildman–Crippen LogP) is 1.45. The van der Waals surface area contributed by atoms with E-state index in [4.69, 9.17) is 0 Å². The summed E-state index contributed by atoms with van der Waals surface area (Å²) in [5.74, 6) is 0.815. The van der Waals surface area contributed by atoms with E-state index in [9.17, 15) is 0 Å². The number of hydrogen-bond acceptors (Lipinski definition) is 0. The second kappa shape index (κ2) is 9.93. The molecular formula is C30H22F2Zr. The van der Waals surface area contributed by atoms with Crippen LogP contribution in [-0.4, -0.2) is 0 Å². The first-order valence-corrected chi connectivity index (χ1v) is 13.3. The molecule has 4 aromatic carbocycles. The summed E-state index contributed by atoms with van der Waals surface area (Å²) >= 11 is -0.985. The Hall–Kier alpha value is -2.90. The van der Waals surface area contributed by atoms with Crippen LogP contribution in [0.5, 0.6) is 0 Å². The summed E-state index contributed by atoms with van der Waals surface area (Å²) in [6, 6.07) is 40.1. The monoisotopic (exact) mass is 510 g/mol. The predicted molar refractivity (Wildman–Crippen MR) is 125 cm³/mol. The number of fused-ring (bicyclic) bond motifs is 2. The fourth-order valence-electron chi connectivity index (χ4n) is 5.04. The molecule has 6 rings (SSSR count). The van der Waals surface area contributed by atoms with Crippen LogP contribution in [0.15, 0.2) is 116 Å². The van der Waals surface area contributed by atoms with Crippen molar-refractivity contribution in [2.75, 3.05) is 0 Å². The second-order valence-corrected chi connectivity index (χ2v) is 11.7. The number of rotatable bonds is 4. The van der Waals surface area contributed by atoms with Gasteiger partial charge in [0, 0.05) is 0 Å². The van der Waals surface area contributed by atoms with Gasteiger partial charge >= 0.3 is 196 Å². The van der Waals surface area contributed by atoms with E-state index in [1.807, 2.05) is 0 Å². The first-order valence-electron chi connectivity index (χ1n) is 10.9. The molecule has 2 aliphatic carbocycles. The van der Waals surface area contributed by atoms with Crippen molar-refractivity contribution in [1.29, 1.82) is 0 Å². The normalized spacial score (nSPS) is 17.5. The molecule has 2 aliphatic rings. The van der Waals surface area contributed by atoms with Crippen LogP contribution >= 0.6 is 0 Å². The van der Waals surface area contributed by atoms with Crippen LogP contribution < -0.4 is 9.41 Å². The largest absolute Gasteiger partial charge is 1.00 e. The van der Waals surface area contributed by atoms with Gasteiger partial charge in [-0.1, -0.05) is 0 Å². The molecule has 0 N–H and O–H groups in total. The minimum atomic E-state index is -0.985. The van der Waals surface area contributed by atoms with E-state index in [1.165, 1.54) is 33.4 Å². The minimum absolute atomic E-state index is 0. The zero-order chi connectivity index (χ0) is 20.6. The van der Waals surface area contributed by atoms with Gasteiger partial charge in [0.25, 0.3) is 0 Å². The van der Waals surface area contributed by atoms with Crippen molar-refractivity contribution in [2.24, 2.45) is 0 Å². The average molecular weight is 512 g/mol. The van der Waals surface area contributed by atoms with Crippen LogP contribution in [0.25, 0.3) is 12.2 Å². The molecule has 0 amide bonds. The Balaban J connectivity index is 0.00000130. The maximum Gasteiger partial charge on any atom is -1.00 e. The molecule has 2 atom stereocenters. The third-order valence-corrected chi connectivity index (χ3v) is 9.96.